The molecule has 1 aromatic rings. The van der Waals surface area contributed by atoms with E-state index in [1.807, 2.05) is 13.8 Å². The standard InChI is InChI=1S/C14H19ClN2O4/c1-3-20-13(21-4-2)9-12(18)16-17-14(19)10-5-7-11(15)8-6-10/h5-8,13H,3-4,9H2,1-2H3,(H,16,18)(H,17,19). The Hall–Kier alpha value is -1.63. The fraction of sp³-hybridized carbons (Fsp3) is 0.429. The number of benzene rings is 1. The van der Waals surface area contributed by atoms with Gasteiger partial charge in [-0.15, -0.1) is 0 Å². The molecule has 1 rings (SSSR count). The minimum Gasteiger partial charge on any atom is -0.352 e. The number of carbonyl (C=O) groups excluding carboxylic acids is 2. The lowest BCUT2D eigenvalue weighted by molar-refractivity contribution is -0.153. The summed E-state index contributed by atoms with van der Waals surface area (Å²) in [7, 11) is 0. The van der Waals surface area contributed by atoms with Crippen molar-refractivity contribution < 1.29 is 19.1 Å². The summed E-state index contributed by atoms with van der Waals surface area (Å²) in [5.41, 5.74) is 5.02. The normalized spacial score (nSPS) is 10.5. The van der Waals surface area contributed by atoms with Gasteiger partial charge in [0.15, 0.2) is 6.29 Å². The van der Waals surface area contributed by atoms with Crippen LogP contribution in [-0.4, -0.2) is 31.3 Å². The molecule has 0 aromatic heterocycles. The van der Waals surface area contributed by atoms with Crippen molar-refractivity contribution in [1.82, 2.24) is 10.9 Å². The quantitative estimate of drug-likeness (QED) is 0.595. The molecule has 0 unspecified atom stereocenters. The third-order valence-electron chi connectivity index (χ3n) is 2.48. The lowest BCUT2D eigenvalue weighted by atomic mass is 10.2. The van der Waals surface area contributed by atoms with Gasteiger partial charge in [0.25, 0.3) is 5.91 Å². The Morgan fingerprint density at radius 1 is 1.10 bits per heavy atom. The molecule has 0 fully saturated rings. The topological polar surface area (TPSA) is 76.7 Å². The number of halogens is 1. The summed E-state index contributed by atoms with van der Waals surface area (Å²) in [4.78, 5) is 23.5. The maximum absolute atomic E-state index is 11.8. The zero-order chi connectivity index (χ0) is 15.7. The molecule has 0 radical (unpaired) electrons. The van der Waals surface area contributed by atoms with Crippen LogP contribution in [0.15, 0.2) is 24.3 Å². The van der Waals surface area contributed by atoms with Crippen LogP contribution in [0.2, 0.25) is 5.02 Å². The first-order chi connectivity index (χ1) is 10.1. The lowest BCUT2D eigenvalue weighted by Gasteiger charge is -2.16. The van der Waals surface area contributed by atoms with E-state index in [-0.39, 0.29) is 6.42 Å². The fourth-order valence-electron chi connectivity index (χ4n) is 1.54. The van der Waals surface area contributed by atoms with Crippen molar-refractivity contribution in [3.05, 3.63) is 34.9 Å². The highest BCUT2D eigenvalue weighted by Gasteiger charge is 2.14. The van der Waals surface area contributed by atoms with E-state index < -0.39 is 18.1 Å². The Kier molecular flexibility index (Phi) is 7.74. The lowest BCUT2D eigenvalue weighted by Crippen LogP contribution is -2.43. The van der Waals surface area contributed by atoms with Crippen LogP contribution in [0.25, 0.3) is 0 Å². The highest BCUT2D eigenvalue weighted by atomic mass is 35.5. The van der Waals surface area contributed by atoms with Crippen LogP contribution in [0.4, 0.5) is 0 Å². The van der Waals surface area contributed by atoms with Crippen molar-refractivity contribution in [3.63, 3.8) is 0 Å². The Labute approximate surface area is 128 Å². The summed E-state index contributed by atoms with van der Waals surface area (Å²) in [5.74, 6) is -0.825. The molecule has 7 heteroatoms. The number of amides is 2. The summed E-state index contributed by atoms with van der Waals surface area (Å²) >= 11 is 5.73. The largest absolute Gasteiger partial charge is 0.352 e. The van der Waals surface area contributed by atoms with Crippen LogP contribution >= 0.6 is 11.6 Å². The first-order valence-corrected chi connectivity index (χ1v) is 7.02. The van der Waals surface area contributed by atoms with Crippen molar-refractivity contribution in [2.45, 2.75) is 26.6 Å². The molecular weight excluding hydrogens is 296 g/mol. The van der Waals surface area contributed by atoms with Gasteiger partial charge < -0.3 is 9.47 Å². The molecule has 6 nitrogen and oxygen atoms in total. The smallest absolute Gasteiger partial charge is 0.269 e. The van der Waals surface area contributed by atoms with Gasteiger partial charge in [0.1, 0.15) is 0 Å². The number of carbonyl (C=O) groups is 2. The minimum atomic E-state index is -0.618. The van der Waals surface area contributed by atoms with E-state index in [0.29, 0.717) is 23.8 Å². The number of hydrazine groups is 1. The average molecular weight is 315 g/mol. The average Bonchev–Trinajstić information content (AvgIpc) is 2.46. The van der Waals surface area contributed by atoms with Crippen LogP contribution in [0.5, 0.6) is 0 Å². The molecule has 0 bridgehead atoms. The van der Waals surface area contributed by atoms with Crippen molar-refractivity contribution in [2.24, 2.45) is 0 Å². The molecule has 0 saturated heterocycles. The van der Waals surface area contributed by atoms with Gasteiger partial charge in [0, 0.05) is 23.8 Å². The molecule has 0 heterocycles. The summed E-state index contributed by atoms with van der Waals surface area (Å²) in [6, 6.07) is 6.32. The highest BCUT2D eigenvalue weighted by molar-refractivity contribution is 6.30. The molecule has 0 aliphatic heterocycles. The third-order valence-corrected chi connectivity index (χ3v) is 2.73. The summed E-state index contributed by atoms with van der Waals surface area (Å²) in [5, 5.41) is 0.534. The van der Waals surface area contributed by atoms with Crippen LogP contribution in [0.1, 0.15) is 30.6 Å². The van der Waals surface area contributed by atoms with Gasteiger partial charge >= 0.3 is 0 Å². The van der Waals surface area contributed by atoms with Gasteiger partial charge in [-0.1, -0.05) is 11.6 Å². The van der Waals surface area contributed by atoms with E-state index in [2.05, 4.69) is 10.9 Å². The SMILES string of the molecule is CCOC(CC(=O)NNC(=O)c1ccc(Cl)cc1)OCC. The zero-order valence-electron chi connectivity index (χ0n) is 12.0. The second kappa shape index (κ2) is 9.33. The van der Waals surface area contributed by atoms with Crippen LogP contribution in [0.3, 0.4) is 0 Å². The number of hydrogen-bond donors (Lipinski definition) is 2. The molecule has 0 aliphatic rings. The van der Waals surface area contributed by atoms with E-state index in [1.54, 1.807) is 24.3 Å². The molecule has 1 aromatic carbocycles. The molecule has 0 aliphatic carbocycles. The minimum absolute atomic E-state index is 0.00256. The maximum Gasteiger partial charge on any atom is 0.269 e. The molecule has 2 amide bonds. The highest BCUT2D eigenvalue weighted by Crippen LogP contribution is 2.09. The van der Waals surface area contributed by atoms with Crippen LogP contribution < -0.4 is 10.9 Å². The molecule has 0 saturated carbocycles. The summed E-state index contributed by atoms with van der Waals surface area (Å²) < 4.78 is 10.5. The Balaban J connectivity index is 2.41. The predicted molar refractivity (Wildman–Crippen MR) is 78.7 cm³/mol. The van der Waals surface area contributed by atoms with Crippen LogP contribution in [0, 0.1) is 0 Å². The monoisotopic (exact) mass is 314 g/mol. The van der Waals surface area contributed by atoms with Gasteiger partial charge in [-0.25, -0.2) is 0 Å². The molecule has 2 N–H and O–H groups in total. The summed E-state index contributed by atoms with van der Waals surface area (Å²) in [6.07, 6.45) is -0.616. The summed E-state index contributed by atoms with van der Waals surface area (Å²) in [6.45, 7) is 4.50. The number of rotatable bonds is 7. The van der Waals surface area contributed by atoms with E-state index in [4.69, 9.17) is 21.1 Å². The molecule has 0 atom stereocenters. The van der Waals surface area contributed by atoms with Gasteiger partial charge in [-0.05, 0) is 38.1 Å². The first kappa shape index (κ1) is 17.4. The van der Waals surface area contributed by atoms with Crippen molar-refractivity contribution in [1.29, 1.82) is 0 Å². The Bertz CT molecular complexity index is 459. The van der Waals surface area contributed by atoms with Gasteiger partial charge in [-0.2, -0.15) is 0 Å². The van der Waals surface area contributed by atoms with Gasteiger partial charge in [-0.3, -0.25) is 20.4 Å². The number of ether oxygens (including phenoxy) is 2. The van der Waals surface area contributed by atoms with E-state index in [1.165, 1.54) is 0 Å². The van der Waals surface area contributed by atoms with Gasteiger partial charge in [0.05, 0.1) is 6.42 Å². The van der Waals surface area contributed by atoms with Crippen LogP contribution in [-0.2, 0) is 14.3 Å². The van der Waals surface area contributed by atoms with Gasteiger partial charge in [0.2, 0.25) is 5.91 Å². The number of hydrogen-bond acceptors (Lipinski definition) is 4. The maximum atomic E-state index is 11.8. The first-order valence-electron chi connectivity index (χ1n) is 6.64. The van der Waals surface area contributed by atoms with E-state index >= 15 is 0 Å². The van der Waals surface area contributed by atoms with E-state index in [9.17, 15) is 9.59 Å². The van der Waals surface area contributed by atoms with Crippen molar-refractivity contribution in [3.8, 4) is 0 Å². The van der Waals surface area contributed by atoms with E-state index in [0.717, 1.165) is 0 Å². The van der Waals surface area contributed by atoms with Crippen molar-refractivity contribution in [2.75, 3.05) is 13.2 Å². The Morgan fingerprint density at radius 2 is 1.67 bits per heavy atom. The fourth-order valence-corrected chi connectivity index (χ4v) is 1.67. The molecular formula is C14H19ClN2O4. The number of nitrogens with one attached hydrogen (secondary N) is 2. The second-order valence-corrected chi connectivity index (χ2v) is 4.49. The molecule has 21 heavy (non-hydrogen) atoms. The molecule has 116 valence electrons. The van der Waals surface area contributed by atoms with Crippen molar-refractivity contribution >= 4 is 23.4 Å². The second-order valence-electron chi connectivity index (χ2n) is 4.05. The third kappa shape index (κ3) is 6.57. The zero-order valence-corrected chi connectivity index (χ0v) is 12.8. The predicted octanol–water partition coefficient (Wildman–Crippen LogP) is 1.89. The molecule has 0 spiro atoms. The Morgan fingerprint density at radius 3 is 2.19 bits per heavy atom.